The van der Waals surface area contributed by atoms with Crippen molar-refractivity contribution >= 4 is 28.4 Å². The Morgan fingerprint density at radius 2 is 2.09 bits per heavy atom. The van der Waals surface area contributed by atoms with Crippen LogP contribution in [0, 0.1) is 5.92 Å². The summed E-state index contributed by atoms with van der Waals surface area (Å²) in [5, 5.41) is 10.0. The van der Waals surface area contributed by atoms with Gasteiger partial charge in [-0.15, -0.1) is 5.10 Å². The van der Waals surface area contributed by atoms with E-state index in [0.717, 1.165) is 15.6 Å². The fourth-order valence-electron chi connectivity index (χ4n) is 4.45. The summed E-state index contributed by atoms with van der Waals surface area (Å²) in [5.41, 5.74) is -0.648. The number of ether oxygens (including phenoxy) is 1. The van der Waals surface area contributed by atoms with E-state index in [9.17, 15) is 22.8 Å². The lowest BCUT2D eigenvalue weighted by molar-refractivity contribution is -0.138. The predicted octanol–water partition coefficient (Wildman–Crippen LogP) is 3.06. The van der Waals surface area contributed by atoms with Crippen molar-refractivity contribution in [2.45, 2.75) is 25.6 Å². The highest BCUT2D eigenvalue weighted by Crippen LogP contribution is 2.31. The number of aromatic nitrogens is 4. The first-order chi connectivity index (χ1) is 16.5. The van der Waals surface area contributed by atoms with Gasteiger partial charge in [-0.2, -0.15) is 13.2 Å². The van der Waals surface area contributed by atoms with Crippen molar-refractivity contribution in [3.63, 3.8) is 0 Å². The fourth-order valence-corrected chi connectivity index (χ4v) is 4.45. The van der Waals surface area contributed by atoms with E-state index in [1.165, 1.54) is 19.1 Å². The van der Waals surface area contributed by atoms with E-state index >= 15 is 0 Å². The van der Waals surface area contributed by atoms with Gasteiger partial charge >= 0.3 is 12.2 Å². The van der Waals surface area contributed by atoms with Crippen LogP contribution in [0.3, 0.4) is 0 Å². The first-order valence-electron chi connectivity index (χ1n) is 10.9. The van der Waals surface area contributed by atoms with Crippen LogP contribution in [0.2, 0.25) is 0 Å². The second-order valence-electron chi connectivity index (χ2n) is 8.70. The van der Waals surface area contributed by atoms with Gasteiger partial charge in [0, 0.05) is 39.4 Å². The SMILES string of the molecule is COc1n[nH]c2ncc(N3CCC(N(C)C(=O)Nc4cc(C(F)(F)F)cn(C)c4=O)C(C)C3)cc12. The maximum Gasteiger partial charge on any atom is 0.417 e. The highest BCUT2D eigenvalue weighted by atomic mass is 19.4. The Labute approximate surface area is 198 Å². The van der Waals surface area contributed by atoms with Crippen molar-refractivity contribution in [3.8, 4) is 5.88 Å². The summed E-state index contributed by atoms with van der Waals surface area (Å²) in [6, 6.07) is 1.78. The van der Waals surface area contributed by atoms with Crippen molar-refractivity contribution < 1.29 is 22.7 Å². The van der Waals surface area contributed by atoms with Crippen molar-refractivity contribution in [3.05, 3.63) is 40.4 Å². The number of methoxy groups -OCH3 is 1. The van der Waals surface area contributed by atoms with Gasteiger partial charge in [-0.1, -0.05) is 6.92 Å². The monoisotopic (exact) mass is 493 g/mol. The molecule has 4 heterocycles. The molecule has 0 spiro atoms. The lowest BCUT2D eigenvalue weighted by Crippen LogP contribution is -2.52. The Bertz CT molecular complexity index is 1300. The third-order valence-corrected chi connectivity index (χ3v) is 6.36. The van der Waals surface area contributed by atoms with Gasteiger partial charge in [-0.05, 0) is 24.5 Å². The molecule has 0 radical (unpaired) electrons. The van der Waals surface area contributed by atoms with Gasteiger partial charge in [0.25, 0.3) is 5.56 Å². The molecule has 3 aromatic heterocycles. The number of rotatable bonds is 4. The van der Waals surface area contributed by atoms with Crippen molar-refractivity contribution in [2.75, 3.05) is 37.5 Å². The molecule has 188 valence electrons. The number of aromatic amines is 1. The molecule has 1 aliphatic rings. The van der Waals surface area contributed by atoms with Gasteiger partial charge in [-0.3, -0.25) is 9.89 Å². The summed E-state index contributed by atoms with van der Waals surface area (Å²) in [4.78, 5) is 33.1. The van der Waals surface area contributed by atoms with Crippen LogP contribution in [0.25, 0.3) is 11.0 Å². The van der Waals surface area contributed by atoms with Gasteiger partial charge in [0.2, 0.25) is 5.88 Å². The topological polar surface area (TPSA) is 108 Å². The number of carbonyl (C=O) groups is 1. The fraction of sp³-hybridized carbons (Fsp3) is 0.455. The summed E-state index contributed by atoms with van der Waals surface area (Å²) in [7, 11) is 4.32. The van der Waals surface area contributed by atoms with Crippen LogP contribution in [-0.4, -0.2) is 64.0 Å². The third-order valence-electron chi connectivity index (χ3n) is 6.36. The number of pyridine rings is 2. The van der Waals surface area contributed by atoms with E-state index in [1.54, 1.807) is 13.2 Å². The molecule has 10 nitrogen and oxygen atoms in total. The Balaban J connectivity index is 1.46. The summed E-state index contributed by atoms with van der Waals surface area (Å²) in [6.07, 6.45) is -1.58. The molecule has 2 atom stereocenters. The maximum absolute atomic E-state index is 13.1. The quantitative estimate of drug-likeness (QED) is 0.579. The minimum atomic E-state index is -4.64. The van der Waals surface area contributed by atoms with Gasteiger partial charge in [0.15, 0.2) is 5.65 Å². The van der Waals surface area contributed by atoms with E-state index in [-0.39, 0.29) is 12.0 Å². The number of H-pyrrole nitrogens is 1. The maximum atomic E-state index is 13.1. The van der Waals surface area contributed by atoms with E-state index in [1.807, 2.05) is 13.0 Å². The zero-order chi connectivity index (χ0) is 25.5. The second-order valence-corrected chi connectivity index (χ2v) is 8.70. The lowest BCUT2D eigenvalue weighted by atomic mass is 9.92. The Kier molecular flexibility index (Phi) is 6.34. The molecule has 13 heteroatoms. The molecule has 0 aromatic carbocycles. The number of anilines is 2. The molecule has 2 unspecified atom stereocenters. The zero-order valence-electron chi connectivity index (χ0n) is 19.7. The van der Waals surface area contributed by atoms with E-state index in [4.69, 9.17) is 4.74 Å². The second kappa shape index (κ2) is 9.12. The summed E-state index contributed by atoms with van der Waals surface area (Å²) in [6.45, 7) is 3.25. The van der Waals surface area contributed by atoms with Crippen LogP contribution in [0.5, 0.6) is 5.88 Å². The molecule has 0 bridgehead atoms. The van der Waals surface area contributed by atoms with Gasteiger partial charge in [0.1, 0.15) is 5.69 Å². The molecule has 2 amide bonds. The first-order valence-corrected chi connectivity index (χ1v) is 10.9. The minimum Gasteiger partial charge on any atom is -0.479 e. The number of nitrogens with one attached hydrogen (secondary N) is 2. The van der Waals surface area contributed by atoms with Gasteiger partial charge < -0.3 is 24.4 Å². The smallest absolute Gasteiger partial charge is 0.417 e. The molecule has 1 saturated heterocycles. The number of piperidine rings is 1. The van der Waals surface area contributed by atoms with E-state index in [0.29, 0.717) is 43.3 Å². The average Bonchev–Trinajstić information content (AvgIpc) is 3.23. The Hall–Kier alpha value is -3.77. The number of nitrogens with zero attached hydrogens (tertiary/aromatic N) is 5. The number of fused-ring (bicyclic) bond motifs is 1. The number of amides is 2. The molecule has 0 saturated carbocycles. The van der Waals surface area contributed by atoms with Gasteiger partial charge in [0.05, 0.1) is 29.9 Å². The molecular weight excluding hydrogens is 467 g/mol. The van der Waals surface area contributed by atoms with Crippen LogP contribution in [0.4, 0.5) is 29.3 Å². The van der Waals surface area contributed by atoms with Crippen molar-refractivity contribution in [1.82, 2.24) is 24.6 Å². The molecular formula is C22H26F3N7O3. The predicted molar refractivity (Wildman–Crippen MR) is 124 cm³/mol. The Morgan fingerprint density at radius 3 is 2.74 bits per heavy atom. The average molecular weight is 493 g/mol. The molecule has 4 rings (SSSR count). The summed E-state index contributed by atoms with van der Waals surface area (Å²) < 4.78 is 45.5. The zero-order valence-corrected chi connectivity index (χ0v) is 19.7. The number of carbonyl (C=O) groups excluding carboxylic acids is 1. The molecule has 3 aromatic rings. The summed E-state index contributed by atoms with van der Waals surface area (Å²) in [5.74, 6) is 0.486. The number of hydrogen-bond donors (Lipinski definition) is 2. The van der Waals surface area contributed by atoms with Crippen LogP contribution in [0.15, 0.2) is 29.3 Å². The summed E-state index contributed by atoms with van der Waals surface area (Å²) >= 11 is 0. The number of alkyl halides is 3. The van der Waals surface area contributed by atoms with Gasteiger partial charge in [-0.25, -0.2) is 9.78 Å². The number of urea groups is 1. The van der Waals surface area contributed by atoms with Crippen molar-refractivity contribution in [1.29, 1.82) is 0 Å². The number of halogens is 3. The molecule has 35 heavy (non-hydrogen) atoms. The third kappa shape index (κ3) is 4.75. The van der Waals surface area contributed by atoms with Crippen LogP contribution in [-0.2, 0) is 13.2 Å². The van der Waals surface area contributed by atoms with E-state index in [2.05, 4.69) is 25.4 Å². The Morgan fingerprint density at radius 1 is 1.34 bits per heavy atom. The van der Waals surface area contributed by atoms with Crippen LogP contribution >= 0.6 is 0 Å². The minimum absolute atomic E-state index is 0.0331. The number of hydrogen-bond acceptors (Lipinski definition) is 6. The standard InChI is InChI=1S/C22H26F3N7O3/c1-12-10-32(14-8-15-18(26-9-14)28-29-19(15)35-4)6-5-17(12)31(3)21(34)27-16-7-13(22(23,24)25)11-30(2)20(16)33/h7-9,11-12,17H,5-6,10H2,1-4H3,(H,27,34)(H,26,28,29). The lowest BCUT2D eigenvalue weighted by Gasteiger charge is -2.42. The van der Waals surface area contributed by atoms with E-state index < -0.39 is 29.0 Å². The normalized spacial score (nSPS) is 18.5. The molecule has 0 aliphatic carbocycles. The molecule has 2 N–H and O–H groups in total. The number of aryl methyl sites for hydroxylation is 1. The molecule has 1 aliphatic heterocycles. The van der Waals surface area contributed by atoms with Crippen LogP contribution in [0.1, 0.15) is 18.9 Å². The largest absolute Gasteiger partial charge is 0.479 e. The van der Waals surface area contributed by atoms with Crippen molar-refractivity contribution in [2.24, 2.45) is 13.0 Å². The van der Waals surface area contributed by atoms with Crippen LogP contribution < -0.4 is 20.5 Å². The highest BCUT2D eigenvalue weighted by molar-refractivity contribution is 5.89. The first kappa shape index (κ1) is 24.4. The highest BCUT2D eigenvalue weighted by Gasteiger charge is 2.34. The molecule has 1 fully saturated rings.